The van der Waals surface area contributed by atoms with Gasteiger partial charge in [0.1, 0.15) is 0 Å². The van der Waals surface area contributed by atoms with E-state index < -0.39 is 15.6 Å². The molecule has 1 aromatic heterocycles. The summed E-state index contributed by atoms with van der Waals surface area (Å²) in [5, 5.41) is 0.488. The van der Waals surface area contributed by atoms with Gasteiger partial charge in [0, 0.05) is 59.1 Å². The molecule has 2 amide bonds. The van der Waals surface area contributed by atoms with Crippen molar-refractivity contribution >= 4 is 79.1 Å². The third-order valence-corrected chi connectivity index (χ3v) is 10.3. The molecule has 11 nitrogen and oxygen atoms in total. The molecule has 242 valence electrons. The Morgan fingerprint density at radius 2 is 1.67 bits per heavy atom. The van der Waals surface area contributed by atoms with E-state index in [4.69, 9.17) is 23.2 Å². The van der Waals surface area contributed by atoms with Gasteiger partial charge in [-0.1, -0.05) is 51.3 Å². The number of esters is 1. The molecule has 1 fully saturated rings. The SMILES string of the molecule is COC(=O)CCCC(=O)N1CCN(S(=O)(=O)c2cnc(N(C=O)c3cc(Cl)cc(Cl)c3)n2C(C)(C)Cc2ccc(Br)cc2)CC1. The number of hydrogen-bond donors (Lipinski definition) is 0. The molecule has 0 unspecified atom stereocenters. The molecule has 0 saturated carbocycles. The van der Waals surface area contributed by atoms with Crippen molar-refractivity contribution in [2.75, 3.05) is 38.2 Å². The van der Waals surface area contributed by atoms with E-state index in [1.54, 1.807) is 9.47 Å². The average Bonchev–Trinajstić information content (AvgIpc) is 3.45. The third kappa shape index (κ3) is 8.25. The van der Waals surface area contributed by atoms with Gasteiger partial charge in [-0.05, 0) is 62.6 Å². The number of ether oxygens (including phenoxy) is 1. The number of imidazole rings is 1. The predicted octanol–water partition coefficient (Wildman–Crippen LogP) is 5.40. The van der Waals surface area contributed by atoms with Crippen molar-refractivity contribution in [2.24, 2.45) is 0 Å². The predicted molar refractivity (Wildman–Crippen MR) is 175 cm³/mol. The summed E-state index contributed by atoms with van der Waals surface area (Å²) in [6, 6.07) is 12.3. The number of aromatic nitrogens is 2. The molecule has 4 rings (SSSR count). The standard InChI is InChI=1S/C30H34BrCl2N5O6S/c1-30(2,18-21-7-9-22(31)10-8-21)38-27(19-34-29(38)37(20-39)25-16-23(32)15-24(33)17-25)45(42,43)36-13-11-35(12-14-36)26(40)5-4-6-28(41)44-3/h7-10,15-17,19-20H,4-6,11-14,18H2,1-3H3. The van der Waals surface area contributed by atoms with Crippen LogP contribution in [0.5, 0.6) is 0 Å². The van der Waals surface area contributed by atoms with Crippen LogP contribution < -0.4 is 4.90 Å². The van der Waals surface area contributed by atoms with Crippen LogP contribution in [0.1, 0.15) is 38.7 Å². The molecule has 2 aromatic carbocycles. The molecule has 2 heterocycles. The number of sulfonamides is 1. The van der Waals surface area contributed by atoms with Crippen molar-refractivity contribution in [1.82, 2.24) is 18.8 Å². The van der Waals surface area contributed by atoms with E-state index in [0.717, 1.165) is 10.0 Å². The van der Waals surface area contributed by atoms with Crippen LogP contribution >= 0.6 is 39.1 Å². The number of carbonyl (C=O) groups excluding carboxylic acids is 3. The minimum Gasteiger partial charge on any atom is -0.469 e. The maximum absolute atomic E-state index is 14.2. The van der Waals surface area contributed by atoms with E-state index in [1.165, 1.54) is 40.7 Å². The Morgan fingerprint density at radius 1 is 1.04 bits per heavy atom. The molecular weight excluding hydrogens is 709 g/mol. The molecule has 1 aliphatic heterocycles. The van der Waals surface area contributed by atoms with Crippen molar-refractivity contribution in [2.45, 2.75) is 50.1 Å². The first-order valence-corrected chi connectivity index (χ1v) is 17.1. The van der Waals surface area contributed by atoms with Crippen molar-refractivity contribution < 1.29 is 27.5 Å². The summed E-state index contributed by atoms with van der Waals surface area (Å²) >= 11 is 15.9. The topological polar surface area (TPSA) is 122 Å². The van der Waals surface area contributed by atoms with E-state index in [1.807, 2.05) is 38.1 Å². The van der Waals surface area contributed by atoms with E-state index >= 15 is 0 Å². The molecule has 0 atom stereocenters. The van der Waals surface area contributed by atoms with E-state index in [2.05, 4.69) is 25.7 Å². The number of piperazine rings is 1. The van der Waals surface area contributed by atoms with Gasteiger partial charge in [-0.3, -0.25) is 23.9 Å². The molecule has 1 aliphatic rings. The van der Waals surface area contributed by atoms with Gasteiger partial charge in [-0.25, -0.2) is 13.4 Å². The minimum absolute atomic E-state index is 0.0695. The summed E-state index contributed by atoms with van der Waals surface area (Å²) in [4.78, 5) is 43.9. The molecule has 45 heavy (non-hydrogen) atoms. The summed E-state index contributed by atoms with van der Waals surface area (Å²) in [6.45, 7) is 4.28. The van der Waals surface area contributed by atoms with Gasteiger partial charge >= 0.3 is 5.97 Å². The van der Waals surface area contributed by atoms with Crippen LogP contribution in [0.25, 0.3) is 0 Å². The fourth-order valence-electron chi connectivity index (χ4n) is 5.28. The minimum atomic E-state index is -4.14. The molecule has 15 heteroatoms. The highest BCUT2D eigenvalue weighted by atomic mass is 79.9. The number of halogens is 3. The number of carbonyl (C=O) groups is 3. The lowest BCUT2D eigenvalue weighted by atomic mass is 9.94. The third-order valence-electron chi connectivity index (χ3n) is 7.51. The van der Waals surface area contributed by atoms with Crippen LogP contribution in [0.4, 0.5) is 11.6 Å². The van der Waals surface area contributed by atoms with Gasteiger partial charge in [0.25, 0.3) is 10.0 Å². The molecule has 0 N–H and O–H groups in total. The highest BCUT2D eigenvalue weighted by molar-refractivity contribution is 9.10. The van der Waals surface area contributed by atoms with Crippen LogP contribution in [0, 0.1) is 0 Å². The number of hydrogen-bond acceptors (Lipinski definition) is 7. The number of anilines is 2. The van der Waals surface area contributed by atoms with Gasteiger partial charge in [-0.15, -0.1) is 0 Å². The highest BCUT2D eigenvalue weighted by Crippen LogP contribution is 2.37. The average molecular weight is 744 g/mol. The fourth-order valence-corrected chi connectivity index (χ4v) is 7.72. The fraction of sp³-hybridized carbons (Fsp3) is 0.400. The lowest BCUT2D eigenvalue weighted by molar-refractivity contribution is -0.141. The number of methoxy groups -OCH3 is 1. The highest BCUT2D eigenvalue weighted by Gasteiger charge is 2.38. The van der Waals surface area contributed by atoms with Crippen LogP contribution in [-0.4, -0.2) is 78.7 Å². The summed E-state index contributed by atoms with van der Waals surface area (Å²) in [7, 11) is -2.85. The Kier molecular flexibility index (Phi) is 11.3. The first kappa shape index (κ1) is 34.9. The second-order valence-corrected chi connectivity index (χ2v) is 14.8. The zero-order valence-corrected chi connectivity index (χ0v) is 29.0. The smallest absolute Gasteiger partial charge is 0.305 e. The second kappa shape index (κ2) is 14.6. The summed E-state index contributed by atoms with van der Waals surface area (Å²) in [6.07, 6.45) is 2.85. The quantitative estimate of drug-likeness (QED) is 0.180. The number of amides is 2. The first-order chi connectivity index (χ1) is 21.3. The van der Waals surface area contributed by atoms with Crippen molar-refractivity contribution in [3.63, 3.8) is 0 Å². The van der Waals surface area contributed by atoms with Gasteiger partial charge < -0.3 is 9.64 Å². The zero-order valence-electron chi connectivity index (χ0n) is 25.1. The molecule has 0 aliphatic carbocycles. The summed E-state index contributed by atoms with van der Waals surface area (Å²) in [5.74, 6) is -0.464. The lowest BCUT2D eigenvalue weighted by Gasteiger charge is -2.36. The monoisotopic (exact) mass is 741 g/mol. The van der Waals surface area contributed by atoms with Crippen molar-refractivity contribution in [1.29, 1.82) is 0 Å². The van der Waals surface area contributed by atoms with Crippen molar-refractivity contribution in [3.8, 4) is 0 Å². The molecule has 0 radical (unpaired) electrons. The van der Waals surface area contributed by atoms with Gasteiger partial charge in [0.15, 0.2) is 5.03 Å². The van der Waals surface area contributed by atoms with Crippen molar-refractivity contribution in [3.05, 3.63) is 68.7 Å². The number of benzene rings is 2. The Morgan fingerprint density at radius 3 is 2.24 bits per heavy atom. The maximum atomic E-state index is 14.2. The normalized spacial score (nSPS) is 14.3. The first-order valence-electron chi connectivity index (χ1n) is 14.1. The van der Waals surface area contributed by atoms with E-state index in [-0.39, 0.29) is 61.9 Å². The Bertz CT molecular complexity index is 1640. The largest absolute Gasteiger partial charge is 0.469 e. The number of rotatable bonds is 12. The lowest BCUT2D eigenvalue weighted by Crippen LogP contribution is -2.51. The van der Waals surface area contributed by atoms with Gasteiger partial charge in [0.2, 0.25) is 18.3 Å². The van der Waals surface area contributed by atoms with Crippen LogP contribution in [0.15, 0.2) is 58.2 Å². The van der Waals surface area contributed by atoms with Gasteiger partial charge in [0.05, 0.1) is 19.0 Å². The van der Waals surface area contributed by atoms with Crippen LogP contribution in [-0.2, 0) is 41.1 Å². The van der Waals surface area contributed by atoms with E-state index in [9.17, 15) is 22.8 Å². The molecule has 1 saturated heterocycles. The summed E-state index contributed by atoms with van der Waals surface area (Å²) in [5.41, 5.74) is 0.356. The zero-order chi connectivity index (χ0) is 32.9. The Hall–Kier alpha value is -2.97. The molecule has 0 bridgehead atoms. The van der Waals surface area contributed by atoms with Gasteiger partial charge in [-0.2, -0.15) is 4.31 Å². The summed E-state index contributed by atoms with van der Waals surface area (Å²) < 4.78 is 36.9. The molecule has 0 spiro atoms. The molecule has 3 aromatic rings. The second-order valence-electron chi connectivity index (χ2n) is 11.2. The van der Waals surface area contributed by atoms with Crippen LogP contribution in [0.2, 0.25) is 10.0 Å². The maximum Gasteiger partial charge on any atom is 0.305 e. The van der Waals surface area contributed by atoms with Crippen LogP contribution in [0.3, 0.4) is 0 Å². The Labute approximate surface area is 281 Å². The van der Waals surface area contributed by atoms with E-state index in [0.29, 0.717) is 35.0 Å². The number of nitrogens with zero attached hydrogens (tertiary/aromatic N) is 5. The Balaban J connectivity index is 1.68. The molecular formula is C30H34BrCl2N5O6S.